The molecule has 0 saturated heterocycles. The first-order valence-electron chi connectivity index (χ1n) is 35.3. The maximum absolute atomic E-state index is 12.8. The average Bonchev–Trinajstić information content (AvgIpc) is 1.56. The van der Waals surface area contributed by atoms with Gasteiger partial charge in [0.25, 0.3) is 0 Å². The van der Waals surface area contributed by atoms with Crippen LogP contribution in [0.5, 0.6) is 11.5 Å². The summed E-state index contributed by atoms with van der Waals surface area (Å²) in [6, 6.07) is 53.4. The van der Waals surface area contributed by atoms with Crippen LogP contribution in [-0.4, -0.2) is 39.3 Å². The van der Waals surface area contributed by atoms with Gasteiger partial charge in [-0.15, -0.1) is 0 Å². The Morgan fingerprint density at radius 1 is 0.276 bits per heavy atom. The highest BCUT2D eigenvalue weighted by Crippen LogP contribution is 2.49. The summed E-state index contributed by atoms with van der Waals surface area (Å²) in [6.07, 6.45) is 1.71. The summed E-state index contributed by atoms with van der Waals surface area (Å²) in [5, 5.41) is 25.4. The molecule has 8 nitrogen and oxygen atoms in total. The molecule has 0 aliphatic rings. The fourth-order valence-electron chi connectivity index (χ4n) is 13.3. The highest BCUT2D eigenvalue weighted by molar-refractivity contribution is 5.99. The van der Waals surface area contributed by atoms with Gasteiger partial charge in [-0.25, -0.2) is 19.9 Å². The Bertz CT molecular complexity index is 4890. The van der Waals surface area contributed by atoms with Crippen LogP contribution in [0, 0.1) is 0 Å². The number of benzene rings is 8. The number of phenols is 2. The monoisotopic (exact) mass is 1300 g/mol. The van der Waals surface area contributed by atoms with Crippen LogP contribution in [0.15, 0.2) is 152 Å². The maximum Gasteiger partial charge on any atom is 0.149 e. The third-order valence-electron chi connectivity index (χ3n) is 19.8. The van der Waals surface area contributed by atoms with Crippen LogP contribution in [0.2, 0.25) is 0 Å². The molecule has 510 valence electrons. The van der Waals surface area contributed by atoms with E-state index < -0.39 is 0 Å². The van der Waals surface area contributed by atoms with E-state index in [1.165, 1.54) is 16.7 Å². The van der Waals surface area contributed by atoms with Crippen LogP contribution >= 0.6 is 0 Å². The molecule has 0 radical (unpaired) electrons. The minimum Gasteiger partial charge on any atom is -0.507 e. The summed E-state index contributed by atoms with van der Waals surface area (Å²) in [7, 11) is 0. The number of fused-ring (bicyclic) bond motifs is 2. The lowest BCUT2D eigenvalue weighted by atomic mass is 9.78. The number of aromatic nitrogens is 6. The van der Waals surface area contributed by atoms with E-state index >= 15 is 0 Å². The van der Waals surface area contributed by atoms with Crippen molar-refractivity contribution in [1.29, 1.82) is 0 Å². The van der Waals surface area contributed by atoms with E-state index in [0.717, 1.165) is 112 Å². The predicted octanol–water partition coefficient (Wildman–Crippen LogP) is 24.2. The van der Waals surface area contributed by atoms with Crippen LogP contribution in [0.25, 0.3) is 101 Å². The predicted molar refractivity (Wildman–Crippen MR) is 416 cm³/mol. The van der Waals surface area contributed by atoms with Gasteiger partial charge in [0.1, 0.15) is 29.5 Å². The number of imidazole rings is 2. The van der Waals surface area contributed by atoms with Crippen molar-refractivity contribution >= 4 is 22.1 Å². The fourth-order valence-corrected chi connectivity index (χ4v) is 13.3. The van der Waals surface area contributed by atoms with Crippen LogP contribution in [0.1, 0.15) is 237 Å². The van der Waals surface area contributed by atoms with Crippen molar-refractivity contribution in [1.82, 2.24) is 29.1 Å². The molecule has 0 aliphatic carbocycles. The van der Waals surface area contributed by atoms with E-state index in [0.29, 0.717) is 22.8 Å². The lowest BCUT2D eigenvalue weighted by Gasteiger charge is -2.28. The highest BCUT2D eigenvalue weighted by atomic mass is 16.3. The average molecular weight is 1310 g/mol. The number of hydrogen-bond donors (Lipinski definition) is 2. The molecule has 11 aromatic rings. The van der Waals surface area contributed by atoms with E-state index in [2.05, 4.69) is 342 Å². The van der Waals surface area contributed by atoms with Gasteiger partial charge in [0.05, 0.1) is 44.6 Å². The molecule has 0 unspecified atom stereocenters. The third kappa shape index (κ3) is 13.8. The molecule has 98 heavy (non-hydrogen) atoms. The van der Waals surface area contributed by atoms with Crippen LogP contribution in [0.4, 0.5) is 0 Å². The van der Waals surface area contributed by atoms with E-state index in [4.69, 9.17) is 19.9 Å². The van der Waals surface area contributed by atoms with Crippen molar-refractivity contribution in [2.45, 2.75) is 236 Å². The Morgan fingerprint density at radius 2 is 0.602 bits per heavy atom. The molecule has 8 aromatic carbocycles. The fraction of sp³-hybridized carbons (Fsp3) is 0.400. The molecule has 0 fully saturated rings. The minimum absolute atomic E-state index is 0.113. The minimum atomic E-state index is -0.358. The first-order valence-corrected chi connectivity index (χ1v) is 35.3. The van der Waals surface area contributed by atoms with Gasteiger partial charge in [0.15, 0.2) is 0 Å². The highest BCUT2D eigenvalue weighted by Gasteiger charge is 2.33. The Kier molecular flexibility index (Phi) is 17.4. The lowest BCUT2D eigenvalue weighted by molar-refractivity contribution is 0.445. The molecule has 0 bridgehead atoms. The molecule has 0 atom stereocenters. The second kappa shape index (κ2) is 24.1. The van der Waals surface area contributed by atoms with E-state index in [-0.39, 0.29) is 60.2 Å². The molecule has 0 aliphatic heterocycles. The molecule has 3 heterocycles. The zero-order valence-electron chi connectivity index (χ0n) is 64.0. The first kappa shape index (κ1) is 70.7. The summed E-state index contributed by atoms with van der Waals surface area (Å²) in [4.78, 5) is 21.7. The Morgan fingerprint density at radius 3 is 0.969 bits per heavy atom. The summed E-state index contributed by atoms with van der Waals surface area (Å²) in [6.45, 7) is 60.5. The summed E-state index contributed by atoms with van der Waals surface area (Å²) in [5.74, 6) is 1.86. The maximum atomic E-state index is 12.8. The molecule has 11 rings (SSSR count). The van der Waals surface area contributed by atoms with Crippen molar-refractivity contribution in [3.63, 3.8) is 0 Å². The van der Waals surface area contributed by atoms with Crippen molar-refractivity contribution in [3.05, 3.63) is 202 Å². The lowest BCUT2D eigenvalue weighted by Crippen LogP contribution is -2.18. The van der Waals surface area contributed by atoms with Gasteiger partial charge in [-0.2, -0.15) is 0 Å². The van der Waals surface area contributed by atoms with Crippen LogP contribution < -0.4 is 0 Å². The molecule has 2 N–H and O–H groups in total. The van der Waals surface area contributed by atoms with Crippen molar-refractivity contribution < 1.29 is 10.2 Å². The standard InChI is InChI=1S/C90H108N6O2/c1-82(2,3)57-31-28-32-64(44-57)95-74-35-29-33-66(76(74)93-80(95)68-47-62(87(16,17)18)49-70(78(68)97)89(22,23)24)53-37-55(41-58(39-53)83(4,5)6)72-51-73(92-52-91-72)56-38-54(40-59(42-56)84(7,8)9)67-34-30-36-75-77(67)94-81(69-48-63(88(19,20)21)50-71(79(69)98)90(25,26)27)96(75)65-45-60(85(10,11)12)43-61(46-65)86(13,14)15/h28-52,97-98H,1-27H3. The Labute approximate surface area is 586 Å². The van der Waals surface area contributed by atoms with Gasteiger partial charge in [0.2, 0.25) is 0 Å². The molecule has 8 heteroatoms. The summed E-state index contributed by atoms with van der Waals surface area (Å²) < 4.78 is 4.56. The number of phenolic OH excluding ortho intramolecular Hbond substituents is 2. The summed E-state index contributed by atoms with van der Waals surface area (Å²) in [5.41, 5.74) is 22.4. The van der Waals surface area contributed by atoms with Gasteiger partial charge in [-0.3, -0.25) is 9.13 Å². The van der Waals surface area contributed by atoms with E-state index in [9.17, 15) is 10.2 Å². The molecule has 0 saturated carbocycles. The SMILES string of the molecule is CC(C)(C)c1cc(-c2cc(-c3cc(-c4cccc5c4nc(-c4cc(C(C)(C)C)cc(C(C)(C)C)c4O)n5-c4cc(C(C)(C)C)cc(C(C)(C)C)c4)cc(C(C)(C)C)c3)ncn2)cc(-c2cccc3c2nc(-c2cc(C(C)(C)C)cc(C(C)(C)C)c2O)n3-c2cccc(C(C)(C)C)c2)c1. The van der Waals surface area contributed by atoms with Gasteiger partial charge >= 0.3 is 0 Å². The quantitative estimate of drug-likeness (QED) is 0.157. The molecular weight excluding hydrogens is 1200 g/mol. The zero-order valence-corrected chi connectivity index (χ0v) is 64.0. The van der Waals surface area contributed by atoms with Crippen molar-refractivity contribution in [2.24, 2.45) is 0 Å². The second-order valence-electron chi connectivity index (χ2n) is 37.2. The van der Waals surface area contributed by atoms with Crippen LogP contribution in [-0.2, 0) is 48.7 Å². The largest absolute Gasteiger partial charge is 0.507 e. The van der Waals surface area contributed by atoms with Gasteiger partial charge in [-0.1, -0.05) is 254 Å². The van der Waals surface area contributed by atoms with Crippen LogP contribution in [0.3, 0.4) is 0 Å². The first-order chi connectivity index (χ1) is 45.1. The van der Waals surface area contributed by atoms with Gasteiger partial charge in [0, 0.05) is 44.8 Å². The normalized spacial score (nSPS) is 13.3. The zero-order chi connectivity index (χ0) is 71.9. The summed E-state index contributed by atoms with van der Waals surface area (Å²) >= 11 is 0. The number of rotatable bonds is 8. The number of hydrogen-bond acceptors (Lipinski definition) is 6. The molecule has 0 amide bonds. The van der Waals surface area contributed by atoms with Crippen molar-refractivity contribution in [2.75, 3.05) is 0 Å². The van der Waals surface area contributed by atoms with Gasteiger partial charge < -0.3 is 10.2 Å². The third-order valence-corrected chi connectivity index (χ3v) is 19.8. The Hall–Kier alpha value is -8.62. The molecule has 0 spiro atoms. The van der Waals surface area contributed by atoms with E-state index in [1.54, 1.807) is 6.33 Å². The number of nitrogens with zero attached hydrogens (tertiary/aromatic N) is 6. The van der Waals surface area contributed by atoms with Crippen molar-refractivity contribution in [3.8, 4) is 90.4 Å². The Balaban J connectivity index is 1.13. The van der Waals surface area contributed by atoms with E-state index in [1.807, 2.05) is 0 Å². The second-order valence-corrected chi connectivity index (χ2v) is 37.2. The van der Waals surface area contributed by atoms with Gasteiger partial charge in [-0.05, 0) is 178 Å². The smallest absolute Gasteiger partial charge is 0.149 e. The molecule has 3 aromatic heterocycles. The molecular formula is C90H108N6O2. The number of para-hydroxylation sites is 2. The topological polar surface area (TPSA) is 102 Å². The number of aromatic hydroxyl groups is 2.